The van der Waals surface area contributed by atoms with Crippen molar-refractivity contribution in [3.63, 3.8) is 0 Å². The first-order chi connectivity index (χ1) is 9.75. The van der Waals surface area contributed by atoms with Gasteiger partial charge in [0.2, 0.25) is 0 Å². The molecule has 1 aliphatic carbocycles. The Hall–Kier alpha value is -1.14. The number of hydrogen-bond acceptors (Lipinski definition) is 3. The number of rotatable bonds is 4. The van der Waals surface area contributed by atoms with E-state index in [1.54, 1.807) is 12.1 Å². The van der Waals surface area contributed by atoms with E-state index in [0.29, 0.717) is 5.46 Å². The lowest BCUT2D eigenvalue weighted by Crippen LogP contribution is -2.33. The minimum Gasteiger partial charge on any atom is -0.422 e. The van der Waals surface area contributed by atoms with Gasteiger partial charge in [-0.1, -0.05) is 58.4 Å². The Balaban J connectivity index is 1.65. The van der Waals surface area contributed by atoms with Crippen LogP contribution in [0.3, 0.4) is 0 Å². The van der Waals surface area contributed by atoms with E-state index in [0.717, 1.165) is 22.9 Å². The Kier molecular flexibility index (Phi) is 4.22. The van der Waals surface area contributed by atoms with Gasteiger partial charge in [0.25, 0.3) is 0 Å². The lowest BCUT2D eigenvalue weighted by Gasteiger charge is -2.14. The van der Waals surface area contributed by atoms with Crippen LogP contribution >= 0.6 is 15.9 Å². The molecule has 1 aliphatic rings. The van der Waals surface area contributed by atoms with Gasteiger partial charge in [-0.2, -0.15) is 0 Å². The summed E-state index contributed by atoms with van der Waals surface area (Å²) < 4.78 is 1.10. The SMILES string of the molecule is OB(OO[C@@H]1CCc2c(Br)cccc21)c1ccccc1. The molecule has 0 unspecified atom stereocenters. The molecule has 0 saturated heterocycles. The van der Waals surface area contributed by atoms with Crippen molar-refractivity contribution in [2.24, 2.45) is 0 Å². The first-order valence-electron chi connectivity index (χ1n) is 6.58. The summed E-state index contributed by atoms with van der Waals surface area (Å²) in [6.07, 6.45) is 1.69. The molecule has 3 nitrogen and oxygen atoms in total. The van der Waals surface area contributed by atoms with Gasteiger partial charge in [0.15, 0.2) is 0 Å². The number of fused-ring (bicyclic) bond motifs is 1. The van der Waals surface area contributed by atoms with Gasteiger partial charge in [-0.05, 0) is 35.5 Å². The summed E-state index contributed by atoms with van der Waals surface area (Å²) in [7, 11) is -1.06. The zero-order valence-electron chi connectivity index (χ0n) is 10.8. The summed E-state index contributed by atoms with van der Waals surface area (Å²) in [5.74, 6) is 0. The molecule has 102 valence electrons. The summed E-state index contributed by atoms with van der Waals surface area (Å²) in [5.41, 5.74) is 3.06. The first kappa shape index (κ1) is 13.8. The predicted octanol–water partition coefficient (Wildman–Crippen LogP) is 2.77. The molecule has 1 N–H and O–H groups in total. The lowest BCUT2D eigenvalue weighted by molar-refractivity contribution is -0.259. The molecule has 0 fully saturated rings. The highest BCUT2D eigenvalue weighted by Gasteiger charge is 2.27. The van der Waals surface area contributed by atoms with Crippen LogP contribution in [0, 0.1) is 0 Å². The van der Waals surface area contributed by atoms with Crippen LogP contribution in [0.1, 0.15) is 23.7 Å². The monoisotopic (exact) mass is 332 g/mol. The van der Waals surface area contributed by atoms with E-state index >= 15 is 0 Å². The molecule has 0 bridgehead atoms. The van der Waals surface area contributed by atoms with Gasteiger partial charge in [-0.15, -0.1) is 0 Å². The zero-order valence-corrected chi connectivity index (χ0v) is 12.4. The molecule has 0 radical (unpaired) electrons. The predicted molar refractivity (Wildman–Crippen MR) is 81.4 cm³/mol. The van der Waals surface area contributed by atoms with Crippen LogP contribution in [0.2, 0.25) is 0 Å². The molecule has 5 heteroatoms. The topological polar surface area (TPSA) is 38.7 Å². The van der Waals surface area contributed by atoms with Gasteiger partial charge < -0.3 is 5.02 Å². The van der Waals surface area contributed by atoms with E-state index in [9.17, 15) is 5.02 Å². The van der Waals surface area contributed by atoms with Gasteiger partial charge >= 0.3 is 7.12 Å². The minimum absolute atomic E-state index is 0.124. The second-order valence-corrected chi connectivity index (χ2v) is 5.64. The van der Waals surface area contributed by atoms with Gasteiger partial charge in [-0.25, -0.2) is 4.89 Å². The Morgan fingerprint density at radius 1 is 1.10 bits per heavy atom. The summed E-state index contributed by atoms with van der Waals surface area (Å²) in [6.45, 7) is 0. The summed E-state index contributed by atoms with van der Waals surface area (Å²) in [5, 5.41) is 9.93. The third-order valence-corrected chi connectivity index (χ3v) is 4.25. The van der Waals surface area contributed by atoms with Crippen molar-refractivity contribution in [1.29, 1.82) is 0 Å². The number of benzene rings is 2. The Labute approximate surface area is 126 Å². The molecule has 0 heterocycles. The molecule has 2 aromatic rings. The fourth-order valence-corrected chi connectivity index (χ4v) is 3.04. The lowest BCUT2D eigenvalue weighted by atomic mass is 9.80. The molecule has 3 rings (SSSR count). The normalized spacial score (nSPS) is 17.0. The molecule has 2 aromatic carbocycles. The van der Waals surface area contributed by atoms with Gasteiger partial charge in [0.05, 0.1) is 0 Å². The largest absolute Gasteiger partial charge is 0.523 e. The van der Waals surface area contributed by atoms with Crippen LogP contribution in [0.25, 0.3) is 0 Å². The molecular weight excluding hydrogens is 319 g/mol. The van der Waals surface area contributed by atoms with E-state index in [4.69, 9.17) is 9.69 Å². The first-order valence-corrected chi connectivity index (χ1v) is 7.37. The van der Waals surface area contributed by atoms with E-state index in [1.807, 2.05) is 36.4 Å². The minimum atomic E-state index is -1.06. The summed E-state index contributed by atoms with van der Waals surface area (Å²) >= 11 is 3.55. The van der Waals surface area contributed by atoms with Crippen LogP contribution in [0.4, 0.5) is 0 Å². The van der Waals surface area contributed by atoms with Crippen LogP contribution < -0.4 is 5.46 Å². The van der Waals surface area contributed by atoms with E-state index in [1.165, 1.54) is 5.56 Å². The van der Waals surface area contributed by atoms with Crippen LogP contribution in [0.5, 0.6) is 0 Å². The molecule has 0 aromatic heterocycles. The van der Waals surface area contributed by atoms with E-state index in [2.05, 4.69) is 15.9 Å². The molecule has 20 heavy (non-hydrogen) atoms. The average Bonchev–Trinajstić information content (AvgIpc) is 2.90. The van der Waals surface area contributed by atoms with Gasteiger partial charge in [-0.3, -0.25) is 4.81 Å². The third kappa shape index (κ3) is 2.81. The molecule has 0 saturated carbocycles. The number of halogens is 1. The standard InChI is InChI=1S/C15H14BBrO3/c17-14-8-4-7-13-12(14)9-10-15(13)19-20-16(18)11-5-2-1-3-6-11/h1-8,15,18H,9-10H2/t15-/m1/s1. The maximum absolute atomic E-state index is 9.93. The Bertz CT molecular complexity index is 591. The summed E-state index contributed by atoms with van der Waals surface area (Å²) in [6, 6.07) is 15.2. The quantitative estimate of drug-likeness (QED) is 0.531. The highest BCUT2D eigenvalue weighted by molar-refractivity contribution is 9.10. The molecule has 0 aliphatic heterocycles. The highest BCUT2D eigenvalue weighted by Crippen LogP contribution is 2.37. The second-order valence-electron chi connectivity index (χ2n) is 4.79. The number of hydrogen-bond donors (Lipinski definition) is 1. The zero-order chi connectivity index (χ0) is 13.9. The van der Waals surface area contributed by atoms with E-state index in [-0.39, 0.29) is 6.10 Å². The van der Waals surface area contributed by atoms with E-state index < -0.39 is 7.12 Å². The second kappa shape index (κ2) is 6.10. The van der Waals surface area contributed by atoms with Crippen molar-refractivity contribution in [1.82, 2.24) is 0 Å². The molecular formula is C15H14BBrO3. The molecule has 0 spiro atoms. The maximum atomic E-state index is 9.93. The average molecular weight is 333 g/mol. The molecule has 0 amide bonds. The Morgan fingerprint density at radius 3 is 2.70 bits per heavy atom. The van der Waals surface area contributed by atoms with Crippen LogP contribution in [-0.4, -0.2) is 12.1 Å². The van der Waals surface area contributed by atoms with Crippen molar-refractivity contribution in [3.8, 4) is 0 Å². The fraction of sp³-hybridized carbons (Fsp3) is 0.200. The van der Waals surface area contributed by atoms with Crippen molar-refractivity contribution < 1.29 is 14.7 Å². The maximum Gasteiger partial charge on any atom is 0.523 e. The van der Waals surface area contributed by atoms with Gasteiger partial charge in [0, 0.05) is 4.47 Å². The highest BCUT2D eigenvalue weighted by atomic mass is 79.9. The van der Waals surface area contributed by atoms with Crippen molar-refractivity contribution in [3.05, 3.63) is 64.1 Å². The molecule has 1 atom stereocenters. The van der Waals surface area contributed by atoms with Crippen molar-refractivity contribution in [2.75, 3.05) is 0 Å². The van der Waals surface area contributed by atoms with Crippen molar-refractivity contribution in [2.45, 2.75) is 18.9 Å². The van der Waals surface area contributed by atoms with Gasteiger partial charge in [0.1, 0.15) is 6.10 Å². The fourth-order valence-electron chi connectivity index (χ4n) is 2.46. The van der Waals surface area contributed by atoms with Crippen LogP contribution in [0.15, 0.2) is 53.0 Å². The Morgan fingerprint density at radius 2 is 1.90 bits per heavy atom. The van der Waals surface area contributed by atoms with Crippen LogP contribution in [-0.2, 0) is 16.1 Å². The van der Waals surface area contributed by atoms with Crippen molar-refractivity contribution >= 4 is 28.5 Å². The third-order valence-electron chi connectivity index (χ3n) is 3.51. The summed E-state index contributed by atoms with van der Waals surface area (Å²) in [4.78, 5) is 10.6. The smallest absolute Gasteiger partial charge is 0.422 e.